The van der Waals surface area contributed by atoms with Gasteiger partial charge in [0.05, 0.1) is 0 Å². The van der Waals surface area contributed by atoms with E-state index in [1.54, 1.807) is 7.05 Å². The monoisotopic (exact) mass is 193 g/mol. The first-order chi connectivity index (χ1) is 6.70. The third kappa shape index (κ3) is 7.35. The van der Waals surface area contributed by atoms with Crippen LogP contribution in [0.4, 0.5) is 0 Å². The van der Waals surface area contributed by atoms with Crippen LogP contribution in [0.5, 0.6) is 0 Å². The van der Waals surface area contributed by atoms with E-state index in [-0.39, 0.29) is 5.91 Å². The molecule has 0 bridgehead atoms. The molecule has 0 heterocycles. The van der Waals surface area contributed by atoms with Gasteiger partial charge < -0.3 is 5.32 Å². The Labute approximate surface area is 86.3 Å². The van der Waals surface area contributed by atoms with Crippen molar-refractivity contribution >= 4 is 5.91 Å². The third-order valence-electron chi connectivity index (χ3n) is 1.73. The van der Waals surface area contributed by atoms with Crippen molar-refractivity contribution in [3.8, 4) is 0 Å². The maximum Gasteiger partial charge on any atom is 0.216 e. The molecule has 1 rings (SSSR count). The number of hydrogen-bond donors (Lipinski definition) is 1. The van der Waals surface area contributed by atoms with Crippen LogP contribution >= 0.6 is 0 Å². The van der Waals surface area contributed by atoms with Crippen molar-refractivity contribution in [2.45, 2.75) is 26.7 Å². The molecule has 1 aromatic rings. The SMILES string of the molecule is CCCc1ccccc1.CNC(C)=O. The van der Waals surface area contributed by atoms with Crippen LogP contribution in [0.2, 0.25) is 0 Å². The summed E-state index contributed by atoms with van der Waals surface area (Å²) in [6.45, 7) is 3.67. The third-order valence-corrected chi connectivity index (χ3v) is 1.73. The van der Waals surface area contributed by atoms with Gasteiger partial charge in [-0.3, -0.25) is 4.79 Å². The van der Waals surface area contributed by atoms with E-state index in [9.17, 15) is 4.79 Å². The summed E-state index contributed by atoms with van der Waals surface area (Å²) in [6.07, 6.45) is 2.45. The fourth-order valence-electron chi connectivity index (χ4n) is 0.933. The minimum absolute atomic E-state index is 0.00463. The van der Waals surface area contributed by atoms with E-state index in [1.165, 1.54) is 25.3 Å². The highest BCUT2D eigenvalue weighted by Crippen LogP contribution is 2.00. The van der Waals surface area contributed by atoms with E-state index in [1.807, 2.05) is 0 Å². The lowest BCUT2D eigenvalue weighted by molar-refractivity contribution is -0.118. The van der Waals surface area contributed by atoms with Crippen LogP contribution in [0.15, 0.2) is 30.3 Å². The number of hydrogen-bond acceptors (Lipinski definition) is 1. The predicted molar refractivity (Wildman–Crippen MR) is 60.2 cm³/mol. The summed E-state index contributed by atoms with van der Waals surface area (Å²) in [6, 6.07) is 10.6. The normalized spacial score (nSPS) is 8.50. The zero-order valence-corrected chi connectivity index (χ0v) is 9.21. The number of benzene rings is 1. The molecule has 0 unspecified atom stereocenters. The Morgan fingerprint density at radius 3 is 2.14 bits per heavy atom. The number of amides is 1. The molecule has 0 aromatic heterocycles. The molecule has 1 aromatic carbocycles. The summed E-state index contributed by atoms with van der Waals surface area (Å²) in [5.74, 6) is 0.00463. The molecular formula is C12H19NO. The van der Waals surface area contributed by atoms with Gasteiger partial charge in [0.1, 0.15) is 0 Å². The fraction of sp³-hybridized carbons (Fsp3) is 0.417. The maximum atomic E-state index is 9.70. The van der Waals surface area contributed by atoms with E-state index in [2.05, 4.69) is 42.6 Å². The van der Waals surface area contributed by atoms with Gasteiger partial charge in [-0.1, -0.05) is 43.7 Å². The van der Waals surface area contributed by atoms with Crippen LogP contribution in [0, 0.1) is 0 Å². The summed E-state index contributed by atoms with van der Waals surface area (Å²) in [4.78, 5) is 9.70. The van der Waals surface area contributed by atoms with Gasteiger partial charge in [-0.2, -0.15) is 0 Å². The molecule has 1 amide bonds. The molecule has 0 aliphatic rings. The molecule has 78 valence electrons. The Hall–Kier alpha value is -1.31. The van der Waals surface area contributed by atoms with Gasteiger partial charge in [0.2, 0.25) is 5.91 Å². The van der Waals surface area contributed by atoms with Gasteiger partial charge in [0, 0.05) is 14.0 Å². The molecule has 0 saturated carbocycles. The Balaban J connectivity index is 0.000000292. The summed E-state index contributed by atoms with van der Waals surface area (Å²) < 4.78 is 0. The van der Waals surface area contributed by atoms with Crippen molar-refractivity contribution in [3.63, 3.8) is 0 Å². The van der Waals surface area contributed by atoms with Gasteiger partial charge >= 0.3 is 0 Å². The Morgan fingerprint density at radius 2 is 1.79 bits per heavy atom. The number of aryl methyl sites for hydroxylation is 1. The maximum absolute atomic E-state index is 9.70. The number of carbonyl (C=O) groups excluding carboxylic acids is 1. The average Bonchev–Trinajstić information content (AvgIpc) is 2.21. The Morgan fingerprint density at radius 1 is 1.29 bits per heavy atom. The number of nitrogens with one attached hydrogen (secondary N) is 1. The second-order valence-corrected chi connectivity index (χ2v) is 3.04. The van der Waals surface area contributed by atoms with Crippen molar-refractivity contribution in [3.05, 3.63) is 35.9 Å². The summed E-state index contributed by atoms with van der Waals surface area (Å²) >= 11 is 0. The van der Waals surface area contributed by atoms with Gasteiger partial charge in [-0.25, -0.2) is 0 Å². The molecule has 14 heavy (non-hydrogen) atoms. The summed E-state index contributed by atoms with van der Waals surface area (Å²) in [5.41, 5.74) is 1.44. The largest absolute Gasteiger partial charge is 0.359 e. The van der Waals surface area contributed by atoms with Crippen LogP contribution < -0.4 is 5.32 Å². The number of carbonyl (C=O) groups is 1. The first kappa shape index (κ1) is 12.7. The molecule has 0 aliphatic heterocycles. The smallest absolute Gasteiger partial charge is 0.216 e. The molecule has 2 nitrogen and oxygen atoms in total. The Bertz CT molecular complexity index is 244. The quantitative estimate of drug-likeness (QED) is 0.767. The zero-order chi connectivity index (χ0) is 10.8. The van der Waals surface area contributed by atoms with Crippen molar-refractivity contribution < 1.29 is 4.79 Å². The minimum Gasteiger partial charge on any atom is -0.359 e. The van der Waals surface area contributed by atoms with E-state index >= 15 is 0 Å². The second-order valence-electron chi connectivity index (χ2n) is 3.04. The summed E-state index contributed by atoms with van der Waals surface area (Å²) in [5, 5.41) is 2.39. The molecule has 0 spiro atoms. The van der Waals surface area contributed by atoms with Crippen molar-refractivity contribution in [1.82, 2.24) is 5.32 Å². The first-order valence-electron chi connectivity index (χ1n) is 4.93. The molecule has 0 aliphatic carbocycles. The number of rotatable bonds is 2. The summed E-state index contributed by atoms with van der Waals surface area (Å²) in [7, 11) is 1.60. The zero-order valence-electron chi connectivity index (χ0n) is 9.21. The standard InChI is InChI=1S/C9H12.C3H7NO/c1-2-6-9-7-4-3-5-8-9;1-3(5)4-2/h3-5,7-8H,2,6H2,1H3;1-2H3,(H,4,5). The van der Waals surface area contributed by atoms with E-state index in [0.717, 1.165) is 0 Å². The minimum atomic E-state index is 0.00463. The van der Waals surface area contributed by atoms with Crippen molar-refractivity contribution in [1.29, 1.82) is 0 Å². The van der Waals surface area contributed by atoms with Gasteiger partial charge in [0.25, 0.3) is 0 Å². The van der Waals surface area contributed by atoms with Crippen LogP contribution in [0.1, 0.15) is 25.8 Å². The van der Waals surface area contributed by atoms with Crippen molar-refractivity contribution in [2.24, 2.45) is 0 Å². The van der Waals surface area contributed by atoms with Crippen LogP contribution in [-0.2, 0) is 11.2 Å². The van der Waals surface area contributed by atoms with Crippen LogP contribution in [0.25, 0.3) is 0 Å². The van der Waals surface area contributed by atoms with E-state index in [0.29, 0.717) is 0 Å². The second kappa shape index (κ2) is 8.30. The lowest BCUT2D eigenvalue weighted by Gasteiger charge is -1.93. The molecule has 0 radical (unpaired) electrons. The van der Waals surface area contributed by atoms with E-state index < -0.39 is 0 Å². The highest BCUT2D eigenvalue weighted by Gasteiger charge is 1.84. The molecule has 0 saturated heterocycles. The predicted octanol–water partition coefficient (Wildman–Crippen LogP) is 2.39. The van der Waals surface area contributed by atoms with Gasteiger partial charge in [-0.05, 0) is 12.0 Å². The van der Waals surface area contributed by atoms with E-state index in [4.69, 9.17) is 0 Å². The molecule has 1 N–H and O–H groups in total. The highest BCUT2D eigenvalue weighted by molar-refractivity contribution is 5.72. The molecular weight excluding hydrogens is 174 g/mol. The van der Waals surface area contributed by atoms with Gasteiger partial charge in [-0.15, -0.1) is 0 Å². The lowest BCUT2D eigenvalue weighted by Crippen LogP contribution is -2.11. The van der Waals surface area contributed by atoms with Crippen LogP contribution in [-0.4, -0.2) is 13.0 Å². The Kier molecular flexibility index (Phi) is 7.52. The highest BCUT2D eigenvalue weighted by atomic mass is 16.1. The molecule has 0 fully saturated rings. The first-order valence-corrected chi connectivity index (χ1v) is 4.93. The average molecular weight is 193 g/mol. The lowest BCUT2D eigenvalue weighted by atomic mass is 10.1. The molecule has 2 heteroatoms. The molecule has 0 atom stereocenters. The van der Waals surface area contributed by atoms with Gasteiger partial charge in [0.15, 0.2) is 0 Å². The van der Waals surface area contributed by atoms with Crippen molar-refractivity contribution in [2.75, 3.05) is 7.05 Å². The topological polar surface area (TPSA) is 29.1 Å². The van der Waals surface area contributed by atoms with Crippen LogP contribution in [0.3, 0.4) is 0 Å². The fourth-order valence-corrected chi connectivity index (χ4v) is 0.933.